The van der Waals surface area contributed by atoms with Crippen LogP contribution in [0.1, 0.15) is 26.0 Å². The third kappa shape index (κ3) is 2.91. The van der Waals surface area contributed by atoms with Gasteiger partial charge in [-0.3, -0.25) is 10.1 Å². The molecule has 0 radical (unpaired) electrons. The Hall–Kier alpha value is -1.67. The van der Waals surface area contributed by atoms with Gasteiger partial charge in [0.05, 0.1) is 18.1 Å². The monoisotopic (exact) mass is 284 g/mol. The molecular formula is C12H20N4O4. The molecule has 0 bridgehead atoms. The maximum absolute atomic E-state index is 11.2. The lowest BCUT2D eigenvalue weighted by atomic mass is 10.2. The van der Waals surface area contributed by atoms with E-state index in [1.165, 1.54) is 4.68 Å². The summed E-state index contributed by atoms with van der Waals surface area (Å²) in [6, 6.07) is 0. The average molecular weight is 284 g/mol. The highest BCUT2D eigenvalue weighted by Crippen LogP contribution is 2.29. The molecule has 0 atom stereocenters. The smallest absolute Gasteiger partial charge is 0.333 e. The summed E-state index contributed by atoms with van der Waals surface area (Å²) in [4.78, 5) is 10.8. The zero-order valence-corrected chi connectivity index (χ0v) is 12.0. The van der Waals surface area contributed by atoms with E-state index in [0.717, 1.165) is 0 Å². The molecule has 0 saturated carbocycles. The number of nitro groups is 1. The molecule has 1 aliphatic rings. The van der Waals surface area contributed by atoms with E-state index < -0.39 is 10.7 Å². The second kappa shape index (κ2) is 5.76. The standard InChI is InChI=1S/C12H20N4O4/c1-4-9-10(16(17)18)11(15(3)14-9)13-6-5-12(2)19-7-8-20-12/h13H,4-8H2,1-3H3. The highest BCUT2D eigenvalue weighted by molar-refractivity contribution is 5.59. The van der Waals surface area contributed by atoms with Crippen LogP contribution in [-0.4, -0.2) is 40.2 Å². The SMILES string of the molecule is CCc1nn(C)c(NCCC2(C)OCCO2)c1[N+](=O)[O-]. The molecule has 0 amide bonds. The molecule has 0 spiro atoms. The molecule has 1 saturated heterocycles. The van der Waals surface area contributed by atoms with Crippen molar-refractivity contribution in [2.24, 2.45) is 7.05 Å². The Kier molecular flexibility index (Phi) is 4.24. The predicted octanol–water partition coefficient (Wildman–Crippen LogP) is 1.46. The zero-order chi connectivity index (χ0) is 14.8. The maximum atomic E-state index is 11.2. The normalized spacial score (nSPS) is 17.4. The quantitative estimate of drug-likeness (QED) is 0.628. The Morgan fingerprint density at radius 1 is 1.50 bits per heavy atom. The lowest BCUT2D eigenvalue weighted by molar-refractivity contribution is -0.384. The van der Waals surface area contributed by atoms with Gasteiger partial charge < -0.3 is 14.8 Å². The van der Waals surface area contributed by atoms with Gasteiger partial charge in [0.15, 0.2) is 5.79 Å². The largest absolute Gasteiger partial charge is 0.364 e. The molecule has 1 N–H and O–H groups in total. The summed E-state index contributed by atoms with van der Waals surface area (Å²) in [5, 5.41) is 18.4. The molecule has 1 fully saturated rings. The second-order valence-corrected chi connectivity index (χ2v) is 4.89. The van der Waals surface area contributed by atoms with Crippen LogP contribution in [0.4, 0.5) is 11.5 Å². The summed E-state index contributed by atoms with van der Waals surface area (Å²) < 4.78 is 12.5. The molecular weight excluding hydrogens is 264 g/mol. The Labute approximate surface area is 117 Å². The van der Waals surface area contributed by atoms with E-state index >= 15 is 0 Å². The Balaban J connectivity index is 2.05. The Morgan fingerprint density at radius 3 is 2.70 bits per heavy atom. The molecule has 8 nitrogen and oxygen atoms in total. The van der Waals surface area contributed by atoms with Crippen LogP contribution in [0, 0.1) is 10.1 Å². The van der Waals surface area contributed by atoms with Crippen molar-refractivity contribution in [3.8, 4) is 0 Å². The van der Waals surface area contributed by atoms with Gasteiger partial charge in [0.25, 0.3) is 0 Å². The van der Waals surface area contributed by atoms with Gasteiger partial charge in [-0.2, -0.15) is 5.10 Å². The van der Waals surface area contributed by atoms with Crippen LogP contribution in [-0.2, 0) is 22.9 Å². The van der Waals surface area contributed by atoms with Crippen molar-refractivity contribution < 1.29 is 14.4 Å². The number of aromatic nitrogens is 2. The highest BCUT2D eigenvalue weighted by Gasteiger charge is 2.31. The Morgan fingerprint density at radius 2 is 2.15 bits per heavy atom. The van der Waals surface area contributed by atoms with Crippen molar-refractivity contribution in [1.82, 2.24) is 9.78 Å². The lowest BCUT2D eigenvalue weighted by Crippen LogP contribution is -2.28. The van der Waals surface area contributed by atoms with Crippen LogP contribution in [0.2, 0.25) is 0 Å². The van der Waals surface area contributed by atoms with Crippen LogP contribution < -0.4 is 5.32 Å². The first-order valence-corrected chi connectivity index (χ1v) is 6.69. The fraction of sp³-hybridized carbons (Fsp3) is 0.750. The van der Waals surface area contributed by atoms with Crippen LogP contribution in [0.25, 0.3) is 0 Å². The third-order valence-electron chi connectivity index (χ3n) is 3.38. The van der Waals surface area contributed by atoms with Gasteiger partial charge in [0.2, 0.25) is 5.82 Å². The summed E-state index contributed by atoms with van der Waals surface area (Å²) in [6.07, 6.45) is 1.13. The number of nitrogens with one attached hydrogen (secondary N) is 1. The molecule has 20 heavy (non-hydrogen) atoms. The second-order valence-electron chi connectivity index (χ2n) is 4.89. The molecule has 0 aliphatic carbocycles. The molecule has 112 valence electrons. The minimum Gasteiger partial charge on any atom is -0.364 e. The van der Waals surface area contributed by atoms with Crippen LogP contribution in [0.15, 0.2) is 0 Å². The van der Waals surface area contributed by atoms with E-state index in [2.05, 4.69) is 10.4 Å². The topological polar surface area (TPSA) is 91.5 Å². The van der Waals surface area contributed by atoms with E-state index in [1.807, 2.05) is 13.8 Å². The molecule has 2 heterocycles. The minimum atomic E-state index is -0.603. The van der Waals surface area contributed by atoms with Gasteiger partial charge in [0.1, 0.15) is 5.69 Å². The van der Waals surface area contributed by atoms with E-state index in [9.17, 15) is 10.1 Å². The number of nitrogens with zero attached hydrogens (tertiary/aromatic N) is 3. The lowest BCUT2D eigenvalue weighted by Gasteiger charge is -2.22. The minimum absolute atomic E-state index is 0.0495. The number of aryl methyl sites for hydroxylation is 2. The fourth-order valence-electron chi connectivity index (χ4n) is 2.31. The molecule has 0 aromatic carbocycles. The molecule has 1 aliphatic heterocycles. The first-order valence-electron chi connectivity index (χ1n) is 6.69. The number of hydrogen-bond donors (Lipinski definition) is 1. The molecule has 1 aromatic rings. The highest BCUT2D eigenvalue weighted by atomic mass is 16.7. The van der Waals surface area contributed by atoms with Crippen LogP contribution in [0.3, 0.4) is 0 Å². The summed E-state index contributed by atoms with van der Waals surface area (Å²) >= 11 is 0. The number of hydrogen-bond acceptors (Lipinski definition) is 6. The molecule has 2 rings (SSSR count). The summed E-state index contributed by atoms with van der Waals surface area (Å²) in [5.41, 5.74) is 0.535. The molecule has 0 unspecified atom stereocenters. The number of anilines is 1. The van der Waals surface area contributed by atoms with Crippen molar-refractivity contribution in [2.45, 2.75) is 32.5 Å². The van der Waals surface area contributed by atoms with Crippen LogP contribution in [0.5, 0.6) is 0 Å². The molecule has 8 heteroatoms. The van der Waals surface area contributed by atoms with Gasteiger partial charge in [-0.25, -0.2) is 4.68 Å². The molecule has 1 aromatic heterocycles. The summed E-state index contributed by atoms with van der Waals surface area (Å²) in [6.45, 7) is 5.40. The Bertz CT molecular complexity index is 494. The van der Waals surface area contributed by atoms with Gasteiger partial charge >= 0.3 is 5.69 Å². The van der Waals surface area contributed by atoms with Gasteiger partial charge in [-0.1, -0.05) is 6.92 Å². The van der Waals surface area contributed by atoms with Crippen molar-refractivity contribution >= 4 is 11.5 Å². The van der Waals surface area contributed by atoms with Gasteiger partial charge in [-0.15, -0.1) is 0 Å². The first-order chi connectivity index (χ1) is 9.47. The maximum Gasteiger partial charge on any atom is 0.333 e. The van der Waals surface area contributed by atoms with E-state index in [0.29, 0.717) is 44.1 Å². The van der Waals surface area contributed by atoms with Crippen LogP contribution >= 0.6 is 0 Å². The zero-order valence-electron chi connectivity index (χ0n) is 12.0. The van der Waals surface area contributed by atoms with Gasteiger partial charge in [-0.05, 0) is 13.3 Å². The van der Waals surface area contributed by atoms with E-state index in [-0.39, 0.29) is 5.69 Å². The van der Waals surface area contributed by atoms with Crippen molar-refractivity contribution in [3.63, 3.8) is 0 Å². The number of rotatable bonds is 6. The van der Waals surface area contributed by atoms with Gasteiger partial charge in [0, 0.05) is 20.0 Å². The average Bonchev–Trinajstić information content (AvgIpc) is 2.94. The first kappa shape index (κ1) is 14.7. The van der Waals surface area contributed by atoms with E-state index in [4.69, 9.17) is 9.47 Å². The fourth-order valence-corrected chi connectivity index (χ4v) is 2.31. The number of ether oxygens (including phenoxy) is 2. The predicted molar refractivity (Wildman–Crippen MR) is 72.7 cm³/mol. The van der Waals surface area contributed by atoms with Crippen molar-refractivity contribution in [1.29, 1.82) is 0 Å². The summed E-state index contributed by atoms with van der Waals surface area (Å²) in [5.74, 6) is -0.179. The van der Waals surface area contributed by atoms with E-state index in [1.54, 1.807) is 7.05 Å². The van der Waals surface area contributed by atoms with Crippen molar-refractivity contribution in [2.75, 3.05) is 25.1 Å². The van der Waals surface area contributed by atoms with Crippen molar-refractivity contribution in [3.05, 3.63) is 15.8 Å². The third-order valence-corrected chi connectivity index (χ3v) is 3.38. The summed E-state index contributed by atoms with van der Waals surface area (Å²) in [7, 11) is 1.69.